The molecular formula is C14H22N2O. The number of hydrogen-bond donors (Lipinski definition) is 2. The van der Waals surface area contributed by atoms with Gasteiger partial charge in [0.05, 0.1) is 6.54 Å². The van der Waals surface area contributed by atoms with Crippen LogP contribution in [0.5, 0.6) is 0 Å². The Kier molecular flexibility index (Phi) is 6.15. The molecule has 17 heavy (non-hydrogen) atoms. The Morgan fingerprint density at radius 1 is 1.29 bits per heavy atom. The lowest BCUT2D eigenvalue weighted by Gasteiger charge is -2.14. The van der Waals surface area contributed by atoms with Crippen LogP contribution < -0.4 is 10.6 Å². The van der Waals surface area contributed by atoms with E-state index in [0.717, 1.165) is 18.5 Å². The van der Waals surface area contributed by atoms with Gasteiger partial charge in [-0.2, -0.15) is 0 Å². The molecule has 1 rings (SSSR count). The average Bonchev–Trinajstić information content (AvgIpc) is 2.35. The monoisotopic (exact) mass is 234 g/mol. The Hall–Kier alpha value is -1.51. The summed E-state index contributed by atoms with van der Waals surface area (Å²) in [5.74, 6) is 0.0532. The summed E-state index contributed by atoms with van der Waals surface area (Å²) in [6.45, 7) is 4.54. The number of benzene rings is 1. The Morgan fingerprint density at radius 2 is 2.00 bits per heavy atom. The average molecular weight is 234 g/mol. The summed E-state index contributed by atoms with van der Waals surface area (Å²) < 4.78 is 0. The maximum atomic E-state index is 11.6. The smallest absolute Gasteiger partial charge is 0.239 e. The summed E-state index contributed by atoms with van der Waals surface area (Å²) in [4.78, 5) is 11.6. The zero-order chi connectivity index (χ0) is 12.5. The van der Waals surface area contributed by atoms with Crippen LogP contribution in [0.15, 0.2) is 30.3 Å². The molecule has 0 saturated heterocycles. The van der Waals surface area contributed by atoms with Crippen molar-refractivity contribution < 1.29 is 4.79 Å². The quantitative estimate of drug-likeness (QED) is 0.761. The predicted molar refractivity (Wildman–Crippen MR) is 72.1 cm³/mol. The number of nitrogens with one attached hydrogen (secondary N) is 2. The molecule has 0 heterocycles. The van der Waals surface area contributed by atoms with Crippen LogP contribution >= 0.6 is 0 Å². The number of carbonyl (C=O) groups excluding carboxylic acids is 1. The molecule has 94 valence electrons. The fraction of sp³-hybridized carbons (Fsp3) is 0.500. The number of anilines is 1. The van der Waals surface area contributed by atoms with Crippen LogP contribution in [0.3, 0.4) is 0 Å². The van der Waals surface area contributed by atoms with E-state index in [1.54, 1.807) is 0 Å². The highest BCUT2D eigenvalue weighted by Gasteiger charge is 2.06. The molecule has 0 aliphatic carbocycles. The molecule has 2 N–H and O–H groups in total. The van der Waals surface area contributed by atoms with Gasteiger partial charge in [0.1, 0.15) is 0 Å². The second-order valence-electron chi connectivity index (χ2n) is 4.33. The second-order valence-corrected chi connectivity index (χ2v) is 4.33. The van der Waals surface area contributed by atoms with Crippen LogP contribution in [0.25, 0.3) is 0 Å². The van der Waals surface area contributed by atoms with Gasteiger partial charge < -0.3 is 10.6 Å². The van der Waals surface area contributed by atoms with Gasteiger partial charge in [0.15, 0.2) is 0 Å². The van der Waals surface area contributed by atoms with Crippen molar-refractivity contribution in [2.45, 2.75) is 39.2 Å². The summed E-state index contributed by atoms with van der Waals surface area (Å²) in [5.41, 5.74) is 0.976. The Labute approximate surface area is 104 Å². The molecule has 1 atom stereocenters. The standard InChI is InChI=1S/C14H22N2O/c1-3-4-8-12(2)16-14(17)11-15-13-9-6-5-7-10-13/h5-7,9-10,12,15H,3-4,8,11H2,1-2H3,(H,16,17). The van der Waals surface area contributed by atoms with Gasteiger partial charge in [0.25, 0.3) is 0 Å². The Morgan fingerprint density at radius 3 is 2.65 bits per heavy atom. The van der Waals surface area contributed by atoms with Crippen molar-refractivity contribution in [2.75, 3.05) is 11.9 Å². The van der Waals surface area contributed by atoms with Gasteiger partial charge in [-0.25, -0.2) is 0 Å². The highest BCUT2D eigenvalue weighted by Crippen LogP contribution is 2.04. The predicted octanol–water partition coefficient (Wildman–Crippen LogP) is 2.79. The third-order valence-corrected chi connectivity index (χ3v) is 2.62. The van der Waals surface area contributed by atoms with E-state index >= 15 is 0 Å². The minimum Gasteiger partial charge on any atom is -0.376 e. The lowest BCUT2D eigenvalue weighted by molar-refractivity contribution is -0.120. The molecule has 0 aliphatic rings. The number of rotatable bonds is 7. The van der Waals surface area contributed by atoms with Gasteiger partial charge in [-0.1, -0.05) is 38.0 Å². The van der Waals surface area contributed by atoms with Gasteiger partial charge in [0.2, 0.25) is 5.91 Å². The number of para-hydroxylation sites is 1. The highest BCUT2D eigenvalue weighted by atomic mass is 16.1. The lowest BCUT2D eigenvalue weighted by atomic mass is 10.1. The van der Waals surface area contributed by atoms with Crippen LogP contribution in [0.2, 0.25) is 0 Å². The van der Waals surface area contributed by atoms with Crippen molar-refractivity contribution in [3.05, 3.63) is 30.3 Å². The van der Waals surface area contributed by atoms with Crippen LogP contribution in [0.1, 0.15) is 33.1 Å². The van der Waals surface area contributed by atoms with Gasteiger partial charge >= 0.3 is 0 Å². The summed E-state index contributed by atoms with van der Waals surface area (Å²) in [6, 6.07) is 10.0. The van der Waals surface area contributed by atoms with Gasteiger partial charge in [-0.3, -0.25) is 4.79 Å². The largest absolute Gasteiger partial charge is 0.376 e. The van der Waals surface area contributed by atoms with Crippen molar-refractivity contribution >= 4 is 11.6 Å². The molecular weight excluding hydrogens is 212 g/mol. The van der Waals surface area contributed by atoms with E-state index in [0.29, 0.717) is 6.54 Å². The van der Waals surface area contributed by atoms with Crippen LogP contribution in [-0.4, -0.2) is 18.5 Å². The molecule has 0 aliphatic heterocycles. The molecule has 3 nitrogen and oxygen atoms in total. The third kappa shape index (κ3) is 5.95. The van der Waals surface area contributed by atoms with Crippen molar-refractivity contribution in [1.29, 1.82) is 0 Å². The van der Waals surface area contributed by atoms with E-state index in [4.69, 9.17) is 0 Å². The first-order valence-electron chi connectivity index (χ1n) is 6.30. The van der Waals surface area contributed by atoms with Gasteiger partial charge in [-0.15, -0.1) is 0 Å². The normalized spacial score (nSPS) is 11.9. The molecule has 1 amide bonds. The first kappa shape index (κ1) is 13.6. The maximum absolute atomic E-state index is 11.6. The van der Waals surface area contributed by atoms with Crippen LogP contribution in [0, 0.1) is 0 Å². The minimum absolute atomic E-state index is 0.0532. The molecule has 1 aromatic carbocycles. The topological polar surface area (TPSA) is 41.1 Å². The van der Waals surface area contributed by atoms with E-state index in [2.05, 4.69) is 24.5 Å². The molecule has 0 aromatic heterocycles. The Bertz CT molecular complexity index is 324. The van der Waals surface area contributed by atoms with Crippen molar-refractivity contribution in [1.82, 2.24) is 5.32 Å². The summed E-state index contributed by atoms with van der Waals surface area (Å²) in [5, 5.41) is 6.08. The maximum Gasteiger partial charge on any atom is 0.239 e. The van der Waals surface area contributed by atoms with Gasteiger partial charge in [0, 0.05) is 11.7 Å². The molecule has 0 radical (unpaired) electrons. The summed E-state index contributed by atoms with van der Waals surface area (Å²) >= 11 is 0. The van der Waals surface area contributed by atoms with E-state index in [1.165, 1.54) is 6.42 Å². The molecule has 1 unspecified atom stereocenters. The number of amides is 1. The van der Waals surface area contributed by atoms with Crippen LogP contribution in [0.4, 0.5) is 5.69 Å². The summed E-state index contributed by atoms with van der Waals surface area (Å²) in [6.07, 6.45) is 3.38. The molecule has 0 bridgehead atoms. The molecule has 1 aromatic rings. The van der Waals surface area contributed by atoms with E-state index < -0.39 is 0 Å². The SMILES string of the molecule is CCCCC(C)NC(=O)CNc1ccccc1. The molecule has 3 heteroatoms. The van der Waals surface area contributed by atoms with E-state index in [1.807, 2.05) is 30.3 Å². The van der Waals surface area contributed by atoms with E-state index in [-0.39, 0.29) is 11.9 Å². The number of unbranched alkanes of at least 4 members (excludes halogenated alkanes) is 1. The Balaban J connectivity index is 2.21. The van der Waals surface area contributed by atoms with E-state index in [9.17, 15) is 4.79 Å². The first-order valence-corrected chi connectivity index (χ1v) is 6.30. The zero-order valence-electron chi connectivity index (χ0n) is 10.7. The minimum atomic E-state index is 0.0532. The summed E-state index contributed by atoms with van der Waals surface area (Å²) in [7, 11) is 0. The third-order valence-electron chi connectivity index (χ3n) is 2.62. The van der Waals surface area contributed by atoms with Crippen molar-refractivity contribution in [3.63, 3.8) is 0 Å². The van der Waals surface area contributed by atoms with Crippen LogP contribution in [-0.2, 0) is 4.79 Å². The second kappa shape index (κ2) is 7.71. The molecule has 0 saturated carbocycles. The first-order chi connectivity index (χ1) is 8.22. The molecule has 0 fully saturated rings. The fourth-order valence-electron chi connectivity index (χ4n) is 1.65. The highest BCUT2D eigenvalue weighted by molar-refractivity contribution is 5.80. The number of hydrogen-bond acceptors (Lipinski definition) is 2. The van der Waals surface area contributed by atoms with Gasteiger partial charge in [-0.05, 0) is 25.5 Å². The lowest BCUT2D eigenvalue weighted by Crippen LogP contribution is -2.36. The number of carbonyl (C=O) groups is 1. The fourth-order valence-corrected chi connectivity index (χ4v) is 1.65. The van der Waals surface area contributed by atoms with Crippen molar-refractivity contribution in [2.24, 2.45) is 0 Å². The van der Waals surface area contributed by atoms with Crippen molar-refractivity contribution in [3.8, 4) is 0 Å². The zero-order valence-corrected chi connectivity index (χ0v) is 10.7. The molecule has 0 spiro atoms.